The second kappa shape index (κ2) is 33.1. The van der Waals surface area contributed by atoms with Gasteiger partial charge >= 0.3 is 69.8 Å². The van der Waals surface area contributed by atoms with Crippen LogP contribution in [0.2, 0.25) is 0 Å². The molecule has 46 heavy (non-hydrogen) atoms. The molecule has 1 rings (SSSR count). The van der Waals surface area contributed by atoms with Gasteiger partial charge in [-0.1, -0.05) is 93.5 Å². The minimum absolute atomic E-state index is 0. The number of nitrogens with zero attached hydrogens (tertiary/aromatic N) is 2. The Labute approximate surface area is 375 Å². The van der Waals surface area contributed by atoms with Crippen LogP contribution >= 0.6 is 168 Å². The predicted molar refractivity (Wildman–Crippen MR) is 237 cm³/mol. The summed E-state index contributed by atoms with van der Waals surface area (Å²) in [7, 11) is 4.44. The van der Waals surface area contributed by atoms with Gasteiger partial charge < -0.3 is 33.9 Å². The number of rotatable bonds is 7. The maximum atomic E-state index is 11.7. The van der Waals surface area contributed by atoms with Gasteiger partial charge in [0.05, 0.1) is 24.3 Å². The summed E-state index contributed by atoms with van der Waals surface area (Å²) >= 11 is 42.1. The first-order valence-electron chi connectivity index (χ1n) is 12.0. The summed E-state index contributed by atoms with van der Waals surface area (Å²) in [4.78, 5) is 25.2. The number of terminal acetylenes is 2. The van der Waals surface area contributed by atoms with Crippen molar-refractivity contribution in [3.05, 3.63) is 12.1 Å². The zero-order valence-electron chi connectivity index (χ0n) is 25.8. The van der Waals surface area contributed by atoms with Crippen LogP contribution in [0.4, 0.5) is 9.59 Å². The molecule has 1 aliphatic rings. The van der Waals surface area contributed by atoms with E-state index < -0.39 is 38.1 Å². The third kappa shape index (κ3) is 35.8. The number of alkyl halides is 6. The number of ether oxygens (including phenoxy) is 2. The molecule has 0 unspecified atom stereocenters. The topological polar surface area (TPSA) is 89.6 Å². The normalized spacial score (nSPS) is 14.0. The van der Waals surface area contributed by atoms with Crippen LogP contribution in [0.3, 0.4) is 0 Å². The van der Waals surface area contributed by atoms with Gasteiger partial charge in [0.1, 0.15) is 13.2 Å². The molecule has 2 amide bonds. The van der Waals surface area contributed by atoms with Crippen LogP contribution in [0.1, 0.15) is 27.7 Å². The van der Waals surface area contributed by atoms with Gasteiger partial charge in [0, 0.05) is 57.9 Å². The summed E-state index contributed by atoms with van der Waals surface area (Å²) in [5.41, 5.74) is -0.783. The van der Waals surface area contributed by atoms with E-state index in [1.54, 1.807) is 19.1 Å². The molecule has 0 aliphatic carbocycles. The molecular formula is C24H37BCl6I6N3O6-. The molecule has 272 valence electrons. The molecule has 0 spiro atoms. The van der Waals surface area contributed by atoms with Gasteiger partial charge in [-0.05, 0) is 34.7 Å². The van der Waals surface area contributed by atoms with Crippen molar-refractivity contribution in [2.24, 2.45) is 0 Å². The fourth-order valence-electron chi connectivity index (χ4n) is 2.18. The first kappa shape index (κ1) is 58.8. The zero-order chi connectivity index (χ0) is 36.5. The van der Waals surface area contributed by atoms with Crippen molar-refractivity contribution in [1.82, 2.24) is 15.1 Å². The number of halogens is 12. The van der Waals surface area contributed by atoms with E-state index >= 15 is 0 Å². The molecule has 0 aromatic carbocycles. The van der Waals surface area contributed by atoms with Crippen molar-refractivity contribution in [2.75, 3.05) is 54.0 Å². The van der Waals surface area contributed by atoms with Crippen molar-refractivity contribution in [1.29, 1.82) is 0 Å². The monoisotopic (exact) mass is 1450 g/mol. The summed E-state index contributed by atoms with van der Waals surface area (Å²) in [6.07, 6.45) is 10.4. The first-order chi connectivity index (χ1) is 20.5. The summed E-state index contributed by atoms with van der Waals surface area (Å²) < 4.78 is 17.9. The number of hydrogen-bond donors (Lipinski definition) is 1. The van der Waals surface area contributed by atoms with E-state index in [1.807, 2.05) is 34.7 Å². The van der Waals surface area contributed by atoms with Crippen molar-refractivity contribution in [3.8, 4) is 24.7 Å². The molecule has 0 radical (unpaired) electrons. The Morgan fingerprint density at radius 2 is 1.28 bits per heavy atom. The minimum atomic E-state index is -1.62. The van der Waals surface area contributed by atoms with Gasteiger partial charge in [-0.25, -0.2) is 9.59 Å². The van der Waals surface area contributed by atoms with Crippen molar-refractivity contribution in [2.45, 2.75) is 46.5 Å². The van der Waals surface area contributed by atoms with Gasteiger partial charge in [0.15, 0.2) is 0 Å². The molecule has 1 fully saturated rings. The van der Waals surface area contributed by atoms with Crippen LogP contribution in [0.15, 0.2) is 12.1 Å². The van der Waals surface area contributed by atoms with Crippen molar-refractivity contribution < 1.29 is 41.6 Å². The molecule has 0 saturated carbocycles. The molecule has 9 nitrogen and oxygen atoms in total. The Morgan fingerprint density at radius 1 is 0.913 bits per heavy atom. The second-order valence-corrected chi connectivity index (χ2v) is 30.4. The van der Waals surface area contributed by atoms with Crippen LogP contribution in [-0.4, -0.2) is 102 Å². The Balaban J connectivity index is -0.000000198. The molecule has 1 aliphatic heterocycles. The zero-order valence-corrected chi connectivity index (χ0v) is 43.5. The van der Waals surface area contributed by atoms with Crippen LogP contribution in [0.5, 0.6) is 0 Å². The van der Waals surface area contributed by atoms with Crippen molar-refractivity contribution in [3.63, 3.8) is 0 Å². The van der Waals surface area contributed by atoms with Crippen LogP contribution in [-0.2, 0) is 18.8 Å². The van der Waals surface area contributed by atoms with E-state index in [9.17, 15) is 9.59 Å². The molecule has 0 aromatic heterocycles. The molecule has 22 heteroatoms. The van der Waals surface area contributed by atoms with E-state index in [4.69, 9.17) is 96.5 Å². The van der Waals surface area contributed by atoms with E-state index in [2.05, 4.69) is 96.4 Å². The maximum absolute atomic E-state index is 11.7. The molecule has 0 bridgehead atoms. The van der Waals surface area contributed by atoms with E-state index in [-0.39, 0.29) is 43.7 Å². The number of likely N-dealkylation sites (N-methyl/N-ethyl adjacent to an activating group) is 1. The Morgan fingerprint density at radius 3 is 1.57 bits per heavy atom. The average molecular weight is 1450 g/mol. The summed E-state index contributed by atoms with van der Waals surface area (Å²) in [5, 5.41) is 2.78. The standard InChI is InChI=1S/C13H21BCl3NO4.C7H8Cl3NO2.C4H7N.I3.I2.HI/c1-11(2)12(3,4)22-14(21-11)7-6-8-18(5)10(19)20-9-13(15,16)17;1-3-4-11(2)6(12)13-5-7(8,9)10;1-3-4-5-2;1-3-2;1-2;/h6-7H,8-9H2,1-5H3;1H,4-5H2,2H3;1,5H,4H2,2H3;;;1H/q;;;-1;;/b7-6+;;;;;. The number of nitrogens with one attached hydrogen (secondary N) is 1. The van der Waals surface area contributed by atoms with Crippen molar-refractivity contribution >= 4 is 187 Å². The fourth-order valence-corrected chi connectivity index (χ4v) is 2.51. The summed E-state index contributed by atoms with van der Waals surface area (Å²) in [6.45, 7) is 8.43. The molecule has 0 atom stereocenters. The fraction of sp³-hybridized carbons (Fsp3) is 0.667. The second-order valence-electron chi connectivity index (χ2n) is 9.12. The van der Waals surface area contributed by atoms with Gasteiger partial charge in [0.2, 0.25) is 7.59 Å². The molecular weight excluding hydrogens is 1410 g/mol. The number of hydrogen-bond acceptors (Lipinski definition) is 7. The molecule has 0 aromatic rings. The predicted octanol–water partition coefficient (Wildman–Crippen LogP) is 6.67. The third-order valence-corrected chi connectivity index (χ3v) is 5.55. The Kier molecular flexibility index (Phi) is 42.2. The first-order valence-corrected chi connectivity index (χ1v) is 33.1. The molecule has 1 saturated heterocycles. The Hall–Kier alpha value is 3.46. The SMILES string of the molecule is C#CCN(C)C(=O)OCC(Cl)(Cl)Cl.C#CCNC.CN(C/C=C/B1OC(C)(C)C(C)(C)O1)C(=O)OCC(Cl)(Cl)Cl.I.II.I[I-]I. The van der Waals surface area contributed by atoms with E-state index in [0.717, 1.165) is 0 Å². The molecule has 1 N–H and O–H groups in total. The number of carbonyl (C=O) groups is 2. The van der Waals surface area contributed by atoms with E-state index in [1.165, 1.54) is 16.8 Å². The Bertz CT molecular complexity index is 922. The van der Waals surface area contributed by atoms with Crippen LogP contribution < -0.4 is 18.6 Å². The summed E-state index contributed by atoms with van der Waals surface area (Å²) in [5.74, 6) is 6.44. The van der Waals surface area contributed by atoms with Gasteiger partial charge in [-0.2, -0.15) is 0 Å². The van der Waals surface area contributed by atoms with Crippen LogP contribution in [0.25, 0.3) is 0 Å². The molecule has 1 heterocycles. The average Bonchev–Trinajstić information content (AvgIpc) is 3.13. The quantitative estimate of drug-likeness (QED) is 0.132. The van der Waals surface area contributed by atoms with Gasteiger partial charge in [-0.15, -0.1) is 36.8 Å². The number of amides is 2. The number of carbonyl (C=O) groups excluding carboxylic acids is 2. The van der Waals surface area contributed by atoms with Gasteiger partial charge in [-0.3, -0.25) is 0 Å². The summed E-state index contributed by atoms with van der Waals surface area (Å²) in [6, 6.07) is 0. The third-order valence-electron chi connectivity index (χ3n) is 4.89. The van der Waals surface area contributed by atoms with Gasteiger partial charge in [0.25, 0.3) is 0 Å². The van der Waals surface area contributed by atoms with Crippen LogP contribution in [0, 0.1) is 24.7 Å². The van der Waals surface area contributed by atoms with E-state index in [0.29, 0.717) is 26.3 Å².